The summed E-state index contributed by atoms with van der Waals surface area (Å²) in [6.07, 6.45) is -5.16. The second-order valence-electron chi connectivity index (χ2n) is 7.09. The molecule has 2 amide bonds. The summed E-state index contributed by atoms with van der Waals surface area (Å²) in [6.45, 7) is 0.345. The molecule has 1 aliphatic heterocycles. The number of epoxide rings is 1. The lowest BCUT2D eigenvalue weighted by molar-refractivity contribution is -0.138. The topological polar surface area (TPSA) is 59.1 Å². The Morgan fingerprint density at radius 3 is 1.88 bits per heavy atom. The molecule has 1 saturated heterocycles. The van der Waals surface area contributed by atoms with Gasteiger partial charge in [-0.25, -0.2) is 4.90 Å². The number of anilines is 1. The van der Waals surface area contributed by atoms with Crippen LogP contribution in [0.4, 0.5) is 18.9 Å². The molecule has 1 fully saturated rings. The Labute approximate surface area is 182 Å². The molecule has 8 heteroatoms. The van der Waals surface area contributed by atoms with Crippen molar-refractivity contribution in [2.75, 3.05) is 18.1 Å². The normalized spacial score (nSPS) is 15.2. The van der Waals surface area contributed by atoms with E-state index in [4.69, 9.17) is 9.47 Å². The molecule has 3 aromatic rings. The van der Waals surface area contributed by atoms with Crippen LogP contribution in [0.2, 0.25) is 0 Å². The number of hydrogen-bond donors (Lipinski definition) is 0. The van der Waals surface area contributed by atoms with Gasteiger partial charge in [0.1, 0.15) is 24.0 Å². The van der Waals surface area contributed by atoms with E-state index in [2.05, 4.69) is 0 Å². The maximum Gasteiger partial charge on any atom is 0.421 e. The number of imide groups is 1. The minimum absolute atomic E-state index is 0.0637. The Kier molecular flexibility index (Phi) is 5.96. The maximum absolute atomic E-state index is 14.2. The molecule has 1 aliphatic rings. The fraction of sp³-hybridized carbons (Fsp3) is 0.167. The average molecular weight is 441 g/mol. The van der Waals surface area contributed by atoms with Gasteiger partial charge in [-0.1, -0.05) is 42.5 Å². The van der Waals surface area contributed by atoms with E-state index >= 15 is 0 Å². The summed E-state index contributed by atoms with van der Waals surface area (Å²) >= 11 is 0. The van der Waals surface area contributed by atoms with Gasteiger partial charge in [0, 0.05) is 11.1 Å². The third-order valence-corrected chi connectivity index (χ3v) is 4.80. The highest BCUT2D eigenvalue weighted by atomic mass is 19.4. The van der Waals surface area contributed by atoms with Crippen LogP contribution in [0.15, 0.2) is 78.9 Å². The van der Waals surface area contributed by atoms with Crippen molar-refractivity contribution in [3.05, 3.63) is 95.6 Å². The van der Waals surface area contributed by atoms with Gasteiger partial charge in [-0.05, 0) is 36.4 Å². The summed E-state index contributed by atoms with van der Waals surface area (Å²) in [5.41, 5.74) is -1.66. The third-order valence-electron chi connectivity index (χ3n) is 4.80. The standard InChI is InChI=1S/C24H18F3NO4/c25-24(26,27)21-19(12-7-13-20(21)32-15-18-14-31-18)28(22(29)16-8-3-1-4-9-16)23(30)17-10-5-2-6-11-17/h1-13,18H,14-15H2. The molecule has 0 spiro atoms. The molecule has 1 heterocycles. The van der Waals surface area contributed by atoms with Crippen LogP contribution in [-0.2, 0) is 10.9 Å². The Hall–Kier alpha value is -3.65. The van der Waals surface area contributed by atoms with Gasteiger partial charge in [0.15, 0.2) is 0 Å². The average Bonchev–Trinajstić information content (AvgIpc) is 3.63. The van der Waals surface area contributed by atoms with E-state index in [9.17, 15) is 22.8 Å². The third kappa shape index (κ3) is 4.65. The van der Waals surface area contributed by atoms with Gasteiger partial charge in [0.2, 0.25) is 0 Å². The van der Waals surface area contributed by atoms with E-state index in [1.54, 1.807) is 36.4 Å². The predicted molar refractivity (Wildman–Crippen MR) is 111 cm³/mol. The number of ether oxygens (including phenoxy) is 2. The molecule has 5 nitrogen and oxygen atoms in total. The van der Waals surface area contributed by atoms with E-state index in [0.717, 1.165) is 12.1 Å². The highest BCUT2D eigenvalue weighted by molar-refractivity contribution is 6.26. The van der Waals surface area contributed by atoms with Crippen molar-refractivity contribution in [3.8, 4) is 5.75 Å². The number of benzene rings is 3. The first-order valence-electron chi connectivity index (χ1n) is 9.80. The molecule has 4 rings (SSSR count). The zero-order chi connectivity index (χ0) is 22.7. The van der Waals surface area contributed by atoms with Crippen molar-refractivity contribution >= 4 is 17.5 Å². The largest absolute Gasteiger partial charge is 0.490 e. The van der Waals surface area contributed by atoms with Crippen molar-refractivity contribution < 1.29 is 32.2 Å². The fourth-order valence-corrected chi connectivity index (χ4v) is 3.19. The first kappa shape index (κ1) is 21.6. The van der Waals surface area contributed by atoms with E-state index in [1.807, 2.05) is 0 Å². The maximum atomic E-state index is 14.2. The molecule has 0 aliphatic carbocycles. The first-order valence-corrected chi connectivity index (χ1v) is 9.80. The van der Waals surface area contributed by atoms with Crippen molar-refractivity contribution in [2.45, 2.75) is 12.3 Å². The minimum Gasteiger partial charge on any atom is -0.490 e. The summed E-state index contributed by atoms with van der Waals surface area (Å²) in [7, 11) is 0. The molecule has 0 saturated carbocycles. The van der Waals surface area contributed by atoms with E-state index in [1.165, 1.54) is 30.3 Å². The second kappa shape index (κ2) is 8.84. The number of rotatable bonds is 6. The summed E-state index contributed by atoms with van der Waals surface area (Å²) in [6, 6.07) is 18.9. The van der Waals surface area contributed by atoms with Crippen LogP contribution in [-0.4, -0.2) is 31.1 Å². The molecule has 1 atom stereocenters. The van der Waals surface area contributed by atoms with Gasteiger partial charge in [0.05, 0.1) is 12.3 Å². The van der Waals surface area contributed by atoms with Crippen molar-refractivity contribution in [1.82, 2.24) is 0 Å². The van der Waals surface area contributed by atoms with E-state index in [-0.39, 0.29) is 23.8 Å². The van der Waals surface area contributed by atoms with Gasteiger partial charge in [-0.3, -0.25) is 9.59 Å². The monoisotopic (exact) mass is 441 g/mol. The van der Waals surface area contributed by atoms with Gasteiger partial charge in [-0.2, -0.15) is 13.2 Å². The molecule has 0 N–H and O–H groups in total. The molecular weight excluding hydrogens is 423 g/mol. The van der Waals surface area contributed by atoms with Crippen LogP contribution >= 0.6 is 0 Å². The van der Waals surface area contributed by atoms with Gasteiger partial charge < -0.3 is 9.47 Å². The number of halogens is 3. The van der Waals surface area contributed by atoms with Crippen LogP contribution < -0.4 is 9.64 Å². The zero-order valence-corrected chi connectivity index (χ0v) is 16.7. The number of nitrogens with zero attached hydrogens (tertiary/aromatic N) is 1. The molecule has 1 unspecified atom stereocenters. The van der Waals surface area contributed by atoms with E-state index in [0.29, 0.717) is 11.5 Å². The highest BCUT2D eigenvalue weighted by Crippen LogP contribution is 2.43. The summed E-state index contributed by atoms with van der Waals surface area (Å²) in [4.78, 5) is 27.2. The Bertz CT molecular complexity index is 1060. The van der Waals surface area contributed by atoms with Crippen LogP contribution in [0.25, 0.3) is 0 Å². The Balaban J connectivity index is 1.85. The van der Waals surface area contributed by atoms with Crippen LogP contribution in [0, 0.1) is 0 Å². The van der Waals surface area contributed by atoms with Gasteiger partial charge in [-0.15, -0.1) is 0 Å². The summed E-state index contributed by atoms with van der Waals surface area (Å²) < 4.78 is 52.9. The molecule has 3 aromatic carbocycles. The van der Waals surface area contributed by atoms with Gasteiger partial charge in [0.25, 0.3) is 11.8 Å². The van der Waals surface area contributed by atoms with Crippen LogP contribution in [0.3, 0.4) is 0 Å². The number of alkyl halides is 3. The fourth-order valence-electron chi connectivity index (χ4n) is 3.19. The smallest absolute Gasteiger partial charge is 0.421 e. The molecular formula is C24H18F3NO4. The molecule has 32 heavy (non-hydrogen) atoms. The van der Waals surface area contributed by atoms with Crippen molar-refractivity contribution in [1.29, 1.82) is 0 Å². The lowest BCUT2D eigenvalue weighted by Gasteiger charge is -2.26. The highest BCUT2D eigenvalue weighted by Gasteiger charge is 2.42. The molecule has 164 valence electrons. The number of hydrogen-bond acceptors (Lipinski definition) is 4. The number of carbonyl (C=O) groups is 2. The molecule has 0 bridgehead atoms. The van der Waals surface area contributed by atoms with Gasteiger partial charge >= 0.3 is 6.18 Å². The molecule has 0 aromatic heterocycles. The lowest BCUT2D eigenvalue weighted by Crippen LogP contribution is -2.38. The number of amides is 2. The van der Waals surface area contributed by atoms with Crippen molar-refractivity contribution in [2.24, 2.45) is 0 Å². The first-order chi connectivity index (χ1) is 15.4. The summed E-state index contributed by atoms with van der Waals surface area (Å²) in [5.74, 6) is -2.24. The Morgan fingerprint density at radius 2 is 1.41 bits per heavy atom. The predicted octanol–water partition coefficient (Wildman–Crippen LogP) is 4.97. The Morgan fingerprint density at radius 1 is 0.875 bits per heavy atom. The quantitative estimate of drug-likeness (QED) is 0.400. The number of carbonyl (C=O) groups excluding carboxylic acids is 2. The van der Waals surface area contributed by atoms with Crippen LogP contribution in [0.5, 0.6) is 5.75 Å². The van der Waals surface area contributed by atoms with E-state index < -0.39 is 35.0 Å². The van der Waals surface area contributed by atoms with Crippen molar-refractivity contribution in [3.63, 3.8) is 0 Å². The SMILES string of the molecule is O=C(c1ccccc1)N(C(=O)c1ccccc1)c1cccc(OCC2CO2)c1C(F)(F)F. The summed E-state index contributed by atoms with van der Waals surface area (Å²) in [5, 5.41) is 0. The molecule has 0 radical (unpaired) electrons. The lowest BCUT2D eigenvalue weighted by atomic mass is 10.1. The second-order valence-corrected chi connectivity index (χ2v) is 7.09. The zero-order valence-electron chi connectivity index (χ0n) is 16.7. The minimum atomic E-state index is -4.89. The van der Waals surface area contributed by atoms with Crippen LogP contribution in [0.1, 0.15) is 26.3 Å².